The summed E-state index contributed by atoms with van der Waals surface area (Å²) in [6.45, 7) is 6.96. The molecule has 0 aromatic heterocycles. The first-order valence-corrected chi connectivity index (χ1v) is 7.37. The molecule has 5 heteroatoms. The molecule has 1 rings (SSSR count). The molecule has 0 aliphatic carbocycles. The molecule has 0 saturated carbocycles. The molecule has 5 nitrogen and oxygen atoms in total. The van der Waals surface area contributed by atoms with Gasteiger partial charge in [-0.15, -0.1) is 0 Å². The molecule has 112 valence electrons. The highest BCUT2D eigenvalue weighted by molar-refractivity contribution is 5.78. The highest BCUT2D eigenvalue weighted by Crippen LogP contribution is 2.10. The third-order valence-electron chi connectivity index (χ3n) is 3.40. The zero-order valence-corrected chi connectivity index (χ0v) is 12.7. The summed E-state index contributed by atoms with van der Waals surface area (Å²) in [5.74, 6) is 0.250. The van der Waals surface area contributed by atoms with Gasteiger partial charge >= 0.3 is 0 Å². The van der Waals surface area contributed by atoms with Crippen LogP contribution in [0.2, 0.25) is 0 Å². The van der Waals surface area contributed by atoms with E-state index in [4.69, 9.17) is 4.74 Å². The Bertz CT molecular complexity index is 251. The number of hydrogen-bond donors (Lipinski definition) is 1. The van der Waals surface area contributed by atoms with Crippen LogP contribution < -0.4 is 5.32 Å². The van der Waals surface area contributed by atoms with Crippen LogP contribution in [-0.2, 0) is 9.53 Å². The van der Waals surface area contributed by atoms with Gasteiger partial charge in [0.1, 0.15) is 0 Å². The van der Waals surface area contributed by atoms with E-state index in [-0.39, 0.29) is 5.91 Å². The third kappa shape index (κ3) is 6.89. The number of carbonyl (C=O) groups excluding carboxylic acids is 1. The Morgan fingerprint density at radius 3 is 2.63 bits per heavy atom. The van der Waals surface area contributed by atoms with Crippen LogP contribution in [-0.4, -0.2) is 75.2 Å². The van der Waals surface area contributed by atoms with Crippen LogP contribution in [0, 0.1) is 0 Å². The van der Waals surface area contributed by atoms with E-state index in [2.05, 4.69) is 5.32 Å². The predicted octanol–water partition coefficient (Wildman–Crippen LogP) is 0.555. The maximum absolute atomic E-state index is 11.9. The molecule has 19 heavy (non-hydrogen) atoms. The second kappa shape index (κ2) is 9.28. The van der Waals surface area contributed by atoms with E-state index in [1.54, 1.807) is 0 Å². The number of likely N-dealkylation sites (N-methyl/N-ethyl adjacent to an activating group) is 1. The van der Waals surface area contributed by atoms with Gasteiger partial charge in [0, 0.05) is 32.3 Å². The molecule has 0 bridgehead atoms. The lowest BCUT2D eigenvalue weighted by molar-refractivity contribution is -0.132. The van der Waals surface area contributed by atoms with Gasteiger partial charge in [0.2, 0.25) is 5.91 Å². The van der Waals surface area contributed by atoms with Gasteiger partial charge in [-0.2, -0.15) is 0 Å². The van der Waals surface area contributed by atoms with Crippen LogP contribution in [0.1, 0.15) is 26.2 Å². The van der Waals surface area contributed by atoms with Crippen molar-refractivity contribution < 1.29 is 9.53 Å². The van der Waals surface area contributed by atoms with E-state index in [0.29, 0.717) is 12.6 Å². The fraction of sp³-hybridized carbons (Fsp3) is 0.929. The Kier molecular flexibility index (Phi) is 8.02. The largest absolute Gasteiger partial charge is 0.382 e. The molecule has 1 heterocycles. The fourth-order valence-corrected chi connectivity index (χ4v) is 2.33. The monoisotopic (exact) mass is 271 g/mol. The van der Waals surface area contributed by atoms with Gasteiger partial charge < -0.3 is 19.9 Å². The molecule has 0 aromatic carbocycles. The summed E-state index contributed by atoms with van der Waals surface area (Å²) in [6.07, 6.45) is 3.19. The zero-order chi connectivity index (χ0) is 14.1. The van der Waals surface area contributed by atoms with Gasteiger partial charge in [0.15, 0.2) is 0 Å². The number of hydrogen-bond acceptors (Lipinski definition) is 4. The van der Waals surface area contributed by atoms with E-state index in [0.717, 1.165) is 52.1 Å². The van der Waals surface area contributed by atoms with Gasteiger partial charge in [-0.05, 0) is 46.8 Å². The van der Waals surface area contributed by atoms with Crippen molar-refractivity contribution in [3.8, 4) is 0 Å². The maximum atomic E-state index is 11.9. The summed E-state index contributed by atoms with van der Waals surface area (Å²) in [5.41, 5.74) is 0. The molecule has 0 aromatic rings. The third-order valence-corrected chi connectivity index (χ3v) is 3.40. The quantitative estimate of drug-likeness (QED) is 0.655. The minimum Gasteiger partial charge on any atom is -0.382 e. The summed E-state index contributed by atoms with van der Waals surface area (Å²) in [7, 11) is 3.87. The van der Waals surface area contributed by atoms with E-state index < -0.39 is 0 Å². The molecule has 1 N–H and O–H groups in total. The lowest BCUT2D eigenvalue weighted by atomic mass is 10.0. The smallest absolute Gasteiger partial charge is 0.236 e. The van der Waals surface area contributed by atoms with Gasteiger partial charge in [0.25, 0.3) is 0 Å². The standard InChI is InChI=1S/C14H29N3O2/c1-4-19-11-5-8-15-13-6-9-17(10-7-13)14(18)12-16(2)3/h13,15H,4-12H2,1-3H3. The summed E-state index contributed by atoms with van der Waals surface area (Å²) in [6, 6.07) is 0.560. The van der Waals surface area contributed by atoms with Crippen molar-refractivity contribution in [2.24, 2.45) is 0 Å². The topological polar surface area (TPSA) is 44.8 Å². The fourth-order valence-electron chi connectivity index (χ4n) is 2.33. The summed E-state index contributed by atoms with van der Waals surface area (Å²) < 4.78 is 5.31. The van der Waals surface area contributed by atoms with Crippen molar-refractivity contribution >= 4 is 5.91 Å². The lowest BCUT2D eigenvalue weighted by Crippen LogP contribution is -2.47. The molecule has 0 atom stereocenters. The summed E-state index contributed by atoms with van der Waals surface area (Å²) >= 11 is 0. The molecule has 0 unspecified atom stereocenters. The van der Waals surface area contributed by atoms with Gasteiger partial charge in [-0.25, -0.2) is 0 Å². The second-order valence-corrected chi connectivity index (χ2v) is 5.40. The first kappa shape index (κ1) is 16.4. The number of amides is 1. The van der Waals surface area contributed by atoms with Gasteiger partial charge in [-0.1, -0.05) is 0 Å². The second-order valence-electron chi connectivity index (χ2n) is 5.40. The van der Waals surface area contributed by atoms with Crippen molar-refractivity contribution in [1.29, 1.82) is 0 Å². The van der Waals surface area contributed by atoms with Gasteiger partial charge in [0.05, 0.1) is 6.54 Å². The van der Waals surface area contributed by atoms with Crippen LogP contribution >= 0.6 is 0 Å². The molecule has 1 aliphatic rings. The molecule has 0 spiro atoms. The summed E-state index contributed by atoms with van der Waals surface area (Å²) in [4.78, 5) is 15.8. The Labute approximate surface area is 117 Å². The van der Waals surface area contributed by atoms with E-state index in [9.17, 15) is 4.79 Å². The van der Waals surface area contributed by atoms with Gasteiger partial charge in [-0.3, -0.25) is 4.79 Å². The minimum absolute atomic E-state index is 0.250. The average molecular weight is 271 g/mol. The van der Waals surface area contributed by atoms with Crippen LogP contribution in [0.5, 0.6) is 0 Å². The predicted molar refractivity (Wildman–Crippen MR) is 77.3 cm³/mol. The van der Waals surface area contributed by atoms with Crippen molar-refractivity contribution in [2.75, 3.05) is 53.5 Å². The molecule has 1 amide bonds. The first-order valence-electron chi connectivity index (χ1n) is 7.37. The van der Waals surface area contributed by atoms with Crippen molar-refractivity contribution in [3.05, 3.63) is 0 Å². The van der Waals surface area contributed by atoms with E-state index in [1.807, 2.05) is 30.8 Å². The number of nitrogens with zero attached hydrogens (tertiary/aromatic N) is 2. The average Bonchev–Trinajstić information content (AvgIpc) is 2.38. The Morgan fingerprint density at radius 1 is 1.37 bits per heavy atom. The number of carbonyl (C=O) groups is 1. The van der Waals surface area contributed by atoms with Crippen LogP contribution in [0.25, 0.3) is 0 Å². The minimum atomic E-state index is 0.250. The number of ether oxygens (including phenoxy) is 1. The molecular formula is C14H29N3O2. The van der Waals surface area contributed by atoms with Crippen molar-refractivity contribution in [1.82, 2.24) is 15.1 Å². The molecule has 1 fully saturated rings. The number of likely N-dealkylation sites (tertiary alicyclic amines) is 1. The Morgan fingerprint density at radius 2 is 2.05 bits per heavy atom. The van der Waals surface area contributed by atoms with E-state index >= 15 is 0 Å². The number of rotatable bonds is 8. The van der Waals surface area contributed by atoms with Crippen LogP contribution in [0.15, 0.2) is 0 Å². The normalized spacial score (nSPS) is 17.2. The van der Waals surface area contributed by atoms with Crippen LogP contribution in [0.3, 0.4) is 0 Å². The lowest BCUT2D eigenvalue weighted by Gasteiger charge is -2.33. The Hall–Kier alpha value is -0.650. The van der Waals surface area contributed by atoms with E-state index in [1.165, 1.54) is 0 Å². The molecule has 1 aliphatic heterocycles. The van der Waals surface area contributed by atoms with Crippen LogP contribution in [0.4, 0.5) is 0 Å². The van der Waals surface area contributed by atoms with Crippen molar-refractivity contribution in [2.45, 2.75) is 32.2 Å². The molecule has 1 saturated heterocycles. The number of piperidine rings is 1. The highest BCUT2D eigenvalue weighted by Gasteiger charge is 2.22. The number of nitrogens with one attached hydrogen (secondary N) is 1. The Balaban J connectivity index is 2.10. The summed E-state index contributed by atoms with van der Waals surface area (Å²) in [5, 5.41) is 3.55. The maximum Gasteiger partial charge on any atom is 0.236 e. The SMILES string of the molecule is CCOCCCNC1CCN(C(=O)CN(C)C)CC1. The van der Waals surface area contributed by atoms with Crippen molar-refractivity contribution in [3.63, 3.8) is 0 Å². The molecule has 0 radical (unpaired) electrons. The molecular weight excluding hydrogens is 242 g/mol. The highest BCUT2D eigenvalue weighted by atomic mass is 16.5. The first-order chi connectivity index (χ1) is 9.13. The zero-order valence-electron chi connectivity index (χ0n) is 12.7.